The molecule has 4 nitrogen and oxygen atoms in total. The fourth-order valence-electron chi connectivity index (χ4n) is 1.35. The van der Waals surface area contributed by atoms with Crippen molar-refractivity contribution in [3.05, 3.63) is 0 Å². The van der Waals surface area contributed by atoms with Crippen molar-refractivity contribution in [3.8, 4) is 0 Å². The number of ether oxygens (including phenoxy) is 2. The average molecular weight is 348 g/mol. The third-order valence-electron chi connectivity index (χ3n) is 3.46. The van der Waals surface area contributed by atoms with E-state index in [1.54, 1.807) is 20.8 Å². The number of carbonyl (C=O) groups is 2. The molecule has 0 aliphatic carbocycles. The van der Waals surface area contributed by atoms with Crippen molar-refractivity contribution in [1.82, 2.24) is 0 Å². The number of hydrogen-bond acceptors (Lipinski definition) is 4. The van der Waals surface area contributed by atoms with E-state index < -0.39 is 48.6 Å². The number of halogens is 5. The Bertz CT molecular complexity index is 422. The standard InChI is InChI=1S/C14H21F5O4/c1-5-9(3)11(21)23-12(4,6-2)7-10(20)22-8-13(15,16)14(17,18)19/h9H,5-8H2,1-4H3. The predicted molar refractivity (Wildman–Crippen MR) is 70.8 cm³/mol. The molecular weight excluding hydrogens is 327 g/mol. The molecule has 0 spiro atoms. The van der Waals surface area contributed by atoms with Crippen LogP contribution >= 0.6 is 0 Å². The van der Waals surface area contributed by atoms with Gasteiger partial charge in [0.15, 0.2) is 6.61 Å². The maximum Gasteiger partial charge on any atom is 0.456 e. The minimum absolute atomic E-state index is 0.167. The molecule has 0 saturated carbocycles. The van der Waals surface area contributed by atoms with E-state index in [1.807, 2.05) is 0 Å². The van der Waals surface area contributed by atoms with Crippen LogP contribution in [0.2, 0.25) is 0 Å². The number of hydrogen-bond donors (Lipinski definition) is 0. The molecule has 0 bridgehead atoms. The van der Waals surface area contributed by atoms with Crippen LogP contribution in [-0.4, -0.2) is 36.2 Å². The molecule has 0 amide bonds. The summed E-state index contributed by atoms with van der Waals surface area (Å²) < 4.78 is 70.5. The summed E-state index contributed by atoms with van der Waals surface area (Å²) in [6, 6.07) is 0. The highest BCUT2D eigenvalue weighted by molar-refractivity contribution is 5.74. The van der Waals surface area contributed by atoms with E-state index in [0.717, 1.165) is 0 Å². The van der Waals surface area contributed by atoms with E-state index in [-0.39, 0.29) is 6.42 Å². The quantitative estimate of drug-likeness (QED) is 0.493. The Kier molecular flexibility index (Phi) is 7.43. The van der Waals surface area contributed by atoms with E-state index in [1.165, 1.54) is 6.92 Å². The number of esters is 2. The van der Waals surface area contributed by atoms with Crippen LogP contribution in [0.25, 0.3) is 0 Å². The van der Waals surface area contributed by atoms with Crippen molar-refractivity contribution in [2.24, 2.45) is 5.92 Å². The lowest BCUT2D eigenvalue weighted by Gasteiger charge is -2.29. The highest BCUT2D eigenvalue weighted by atomic mass is 19.4. The predicted octanol–water partition coefficient (Wildman–Crippen LogP) is 3.88. The van der Waals surface area contributed by atoms with Crippen LogP contribution < -0.4 is 0 Å². The van der Waals surface area contributed by atoms with Gasteiger partial charge in [0.25, 0.3) is 0 Å². The first-order chi connectivity index (χ1) is 10.3. The fraction of sp³-hybridized carbons (Fsp3) is 0.857. The Morgan fingerprint density at radius 2 is 1.61 bits per heavy atom. The van der Waals surface area contributed by atoms with Crippen LogP contribution in [0.1, 0.15) is 47.0 Å². The molecule has 0 aliphatic rings. The monoisotopic (exact) mass is 348 g/mol. The number of alkyl halides is 5. The normalized spacial score (nSPS) is 16.4. The molecule has 0 heterocycles. The van der Waals surface area contributed by atoms with E-state index in [9.17, 15) is 31.5 Å². The van der Waals surface area contributed by atoms with E-state index >= 15 is 0 Å². The van der Waals surface area contributed by atoms with Crippen molar-refractivity contribution in [2.75, 3.05) is 6.61 Å². The zero-order valence-corrected chi connectivity index (χ0v) is 13.4. The van der Waals surface area contributed by atoms with Crippen molar-refractivity contribution in [2.45, 2.75) is 64.7 Å². The molecule has 0 aromatic heterocycles. The van der Waals surface area contributed by atoms with Crippen molar-refractivity contribution in [3.63, 3.8) is 0 Å². The highest BCUT2D eigenvalue weighted by Crippen LogP contribution is 2.35. The summed E-state index contributed by atoms with van der Waals surface area (Å²) in [5.74, 6) is -7.43. The summed E-state index contributed by atoms with van der Waals surface area (Å²) in [5, 5.41) is 0. The van der Waals surface area contributed by atoms with Crippen molar-refractivity contribution < 1.29 is 41.0 Å². The molecule has 136 valence electrons. The first-order valence-corrected chi connectivity index (χ1v) is 7.11. The topological polar surface area (TPSA) is 52.6 Å². The Balaban J connectivity index is 4.69. The third-order valence-corrected chi connectivity index (χ3v) is 3.46. The maximum atomic E-state index is 12.7. The van der Waals surface area contributed by atoms with Crippen LogP contribution in [0.4, 0.5) is 22.0 Å². The second kappa shape index (κ2) is 7.92. The maximum absolute atomic E-state index is 12.7. The zero-order chi connectivity index (χ0) is 18.5. The summed E-state index contributed by atoms with van der Waals surface area (Å²) in [6.45, 7) is 4.23. The van der Waals surface area contributed by atoms with Gasteiger partial charge in [-0.1, -0.05) is 20.8 Å². The largest absolute Gasteiger partial charge is 0.459 e. The number of rotatable bonds is 8. The molecule has 9 heteroatoms. The van der Waals surface area contributed by atoms with E-state index in [2.05, 4.69) is 4.74 Å². The van der Waals surface area contributed by atoms with Gasteiger partial charge in [-0.25, -0.2) is 0 Å². The lowest BCUT2D eigenvalue weighted by Crippen LogP contribution is -2.42. The molecule has 2 atom stereocenters. The van der Waals surface area contributed by atoms with Gasteiger partial charge in [0.1, 0.15) is 5.60 Å². The Morgan fingerprint density at radius 1 is 1.09 bits per heavy atom. The molecule has 0 rings (SSSR count). The first kappa shape index (κ1) is 21.6. The molecule has 0 aliphatic heterocycles. The fourth-order valence-corrected chi connectivity index (χ4v) is 1.35. The minimum Gasteiger partial charge on any atom is -0.459 e. The van der Waals surface area contributed by atoms with Gasteiger partial charge in [0.05, 0.1) is 12.3 Å². The SMILES string of the molecule is CCC(C)C(=O)OC(C)(CC)CC(=O)OCC(F)(F)C(F)(F)F. The minimum atomic E-state index is -5.80. The van der Waals surface area contributed by atoms with Crippen LogP contribution in [0.3, 0.4) is 0 Å². The summed E-state index contributed by atoms with van der Waals surface area (Å²) in [7, 11) is 0. The third kappa shape index (κ3) is 6.70. The van der Waals surface area contributed by atoms with Gasteiger partial charge in [-0.15, -0.1) is 0 Å². The van der Waals surface area contributed by atoms with Crippen LogP contribution in [0, 0.1) is 5.92 Å². The number of carbonyl (C=O) groups excluding carboxylic acids is 2. The second-order valence-electron chi connectivity index (χ2n) is 5.57. The van der Waals surface area contributed by atoms with Gasteiger partial charge in [0, 0.05) is 0 Å². The Morgan fingerprint density at radius 3 is 2.00 bits per heavy atom. The lowest BCUT2D eigenvalue weighted by atomic mass is 9.98. The summed E-state index contributed by atoms with van der Waals surface area (Å²) >= 11 is 0. The van der Waals surface area contributed by atoms with Gasteiger partial charge >= 0.3 is 24.0 Å². The van der Waals surface area contributed by atoms with Crippen molar-refractivity contribution >= 4 is 11.9 Å². The highest BCUT2D eigenvalue weighted by Gasteiger charge is 2.58. The second-order valence-corrected chi connectivity index (χ2v) is 5.57. The Hall–Kier alpha value is -1.41. The molecule has 23 heavy (non-hydrogen) atoms. The summed E-state index contributed by atoms with van der Waals surface area (Å²) in [4.78, 5) is 23.2. The van der Waals surface area contributed by atoms with Crippen molar-refractivity contribution in [1.29, 1.82) is 0 Å². The molecule has 0 fully saturated rings. The Labute approximate surface area is 131 Å². The van der Waals surface area contributed by atoms with Crippen LogP contribution in [0.5, 0.6) is 0 Å². The van der Waals surface area contributed by atoms with E-state index in [4.69, 9.17) is 4.74 Å². The lowest BCUT2D eigenvalue weighted by molar-refractivity contribution is -0.294. The van der Waals surface area contributed by atoms with Gasteiger partial charge < -0.3 is 9.47 Å². The average Bonchev–Trinajstić information content (AvgIpc) is 2.42. The van der Waals surface area contributed by atoms with Gasteiger partial charge in [0.2, 0.25) is 0 Å². The van der Waals surface area contributed by atoms with Gasteiger partial charge in [-0.05, 0) is 19.8 Å². The van der Waals surface area contributed by atoms with E-state index in [0.29, 0.717) is 6.42 Å². The van der Waals surface area contributed by atoms with Gasteiger partial charge in [-0.2, -0.15) is 22.0 Å². The molecule has 0 radical (unpaired) electrons. The molecule has 0 aromatic carbocycles. The molecule has 2 unspecified atom stereocenters. The smallest absolute Gasteiger partial charge is 0.456 e. The van der Waals surface area contributed by atoms with Gasteiger partial charge in [-0.3, -0.25) is 9.59 Å². The zero-order valence-electron chi connectivity index (χ0n) is 13.4. The summed E-state index contributed by atoms with van der Waals surface area (Å²) in [6.07, 6.45) is -5.75. The molecular formula is C14H21F5O4. The first-order valence-electron chi connectivity index (χ1n) is 7.11. The molecule has 0 saturated heterocycles. The summed E-state index contributed by atoms with van der Waals surface area (Å²) in [5.41, 5.74) is -1.33. The molecule has 0 aromatic rings. The van der Waals surface area contributed by atoms with Crippen LogP contribution in [0.15, 0.2) is 0 Å². The van der Waals surface area contributed by atoms with Crippen LogP contribution in [-0.2, 0) is 19.1 Å². The molecule has 0 N–H and O–H groups in total.